The Morgan fingerprint density at radius 2 is 0.653 bits per heavy atom. The van der Waals surface area contributed by atoms with Gasteiger partial charge in [-0.2, -0.15) is 0 Å². The van der Waals surface area contributed by atoms with Crippen molar-refractivity contribution in [2.75, 3.05) is 80.8 Å². The molecule has 0 rings (SSSR count). The number of nitrogens with zero attached hydrogens (tertiary/aromatic N) is 2. The molecule has 0 aromatic rings. The molecule has 0 aliphatic carbocycles. The molecule has 0 fully saturated rings. The summed E-state index contributed by atoms with van der Waals surface area (Å²) in [6.07, 6.45) is 27.5. The van der Waals surface area contributed by atoms with Gasteiger partial charge in [-0.15, -0.1) is 0 Å². The number of ether oxygens (including phenoxy) is 6. The Labute approximate surface area is 455 Å². The van der Waals surface area contributed by atoms with Crippen molar-refractivity contribution in [2.45, 2.75) is 264 Å². The highest BCUT2D eigenvalue weighted by molar-refractivity contribution is 5.71. The van der Waals surface area contributed by atoms with Crippen LogP contribution in [0.4, 0.5) is 0 Å². The molecular weight excluding hydrogens is 961 g/mol. The maximum Gasteiger partial charge on any atom is 0.362 e. The number of carbonyl (C=O) groups excluding carboxylic acids is 6. The minimum absolute atomic E-state index is 0.128. The van der Waals surface area contributed by atoms with Crippen molar-refractivity contribution in [2.24, 2.45) is 0 Å². The first-order valence-electron chi connectivity index (χ1n) is 29.8. The summed E-state index contributed by atoms with van der Waals surface area (Å²) in [6, 6.07) is 0. The first-order chi connectivity index (χ1) is 35.8. The monoisotopic (exact) mass is 1070 g/mol. The minimum atomic E-state index is -0.720. The van der Waals surface area contributed by atoms with E-state index < -0.39 is 24.4 Å². The molecule has 16 nitrogen and oxygen atoms in total. The lowest BCUT2D eigenvalue weighted by Gasteiger charge is -2.30. The first-order valence-corrected chi connectivity index (χ1v) is 29.8. The van der Waals surface area contributed by atoms with Crippen LogP contribution in [0.5, 0.6) is 0 Å². The number of quaternary nitrogens is 2. The van der Waals surface area contributed by atoms with Crippen LogP contribution in [0.3, 0.4) is 0 Å². The molecule has 4 atom stereocenters. The maximum atomic E-state index is 12.9. The molecule has 0 saturated carbocycles. The van der Waals surface area contributed by atoms with Crippen LogP contribution in [0, 0.1) is 0 Å². The molecule has 75 heavy (non-hydrogen) atoms. The number of rotatable bonds is 52. The van der Waals surface area contributed by atoms with Crippen molar-refractivity contribution in [3.8, 4) is 0 Å². The molecule has 0 bridgehead atoms. The van der Waals surface area contributed by atoms with Gasteiger partial charge in [0.25, 0.3) is 0 Å². The fourth-order valence-electron chi connectivity index (χ4n) is 8.98. The quantitative estimate of drug-likeness (QED) is 0.0252. The summed E-state index contributed by atoms with van der Waals surface area (Å²) in [5.74, 6) is -1.69. The summed E-state index contributed by atoms with van der Waals surface area (Å²) in [5.41, 5.74) is 0. The molecule has 440 valence electrons. The highest BCUT2D eigenvalue weighted by Gasteiger charge is 2.29. The van der Waals surface area contributed by atoms with Gasteiger partial charge in [-0.25, -0.2) is 9.59 Å². The van der Waals surface area contributed by atoms with Gasteiger partial charge in [0.1, 0.15) is 38.5 Å². The predicted octanol–water partition coefficient (Wildman–Crippen LogP) is 10.8. The third kappa shape index (κ3) is 46.5. The molecule has 2 N–H and O–H groups in total. The van der Waals surface area contributed by atoms with Gasteiger partial charge in [0.2, 0.25) is 0 Å². The Hall–Kier alpha value is -3.34. The minimum Gasteiger partial charge on any atom is -0.466 e. The Kier molecular flexibility index (Phi) is 44.6. The smallest absolute Gasteiger partial charge is 0.362 e. The van der Waals surface area contributed by atoms with Gasteiger partial charge < -0.3 is 47.6 Å². The largest absolute Gasteiger partial charge is 0.466 e. The average Bonchev–Trinajstić information content (AvgIpc) is 3.33. The Morgan fingerprint density at radius 1 is 0.360 bits per heavy atom. The summed E-state index contributed by atoms with van der Waals surface area (Å²) in [5, 5.41) is 22.0. The molecule has 0 aliphatic rings. The van der Waals surface area contributed by atoms with Crippen molar-refractivity contribution in [3.63, 3.8) is 0 Å². The molecule has 0 heterocycles. The number of unbranched alkanes of at least 4 members (excludes halogenated alkanes) is 22. The van der Waals surface area contributed by atoms with Gasteiger partial charge in [0.05, 0.1) is 53.6 Å². The zero-order valence-electron chi connectivity index (χ0n) is 49.0. The van der Waals surface area contributed by atoms with Crippen LogP contribution in [0.1, 0.15) is 240 Å². The summed E-state index contributed by atoms with van der Waals surface area (Å²) in [7, 11) is 7.56. The van der Waals surface area contributed by atoms with Gasteiger partial charge in [-0.05, 0) is 64.2 Å². The lowest BCUT2D eigenvalue weighted by atomic mass is 9.99. The van der Waals surface area contributed by atoms with Crippen LogP contribution >= 0.6 is 0 Å². The third-order valence-corrected chi connectivity index (χ3v) is 13.8. The van der Waals surface area contributed by atoms with Crippen molar-refractivity contribution >= 4 is 35.8 Å². The van der Waals surface area contributed by atoms with Gasteiger partial charge in [-0.1, -0.05) is 149 Å². The number of hydrogen-bond donors (Lipinski definition) is 2. The van der Waals surface area contributed by atoms with E-state index in [0.29, 0.717) is 73.8 Å². The first kappa shape index (κ1) is 71.7. The van der Waals surface area contributed by atoms with Crippen molar-refractivity contribution in [3.05, 3.63) is 0 Å². The molecule has 0 aliphatic heterocycles. The summed E-state index contributed by atoms with van der Waals surface area (Å²) in [6.45, 7) is 9.65. The van der Waals surface area contributed by atoms with Gasteiger partial charge in [-0.3, -0.25) is 19.2 Å². The molecule has 0 aromatic heterocycles. The normalized spacial score (nSPS) is 13.4. The van der Waals surface area contributed by atoms with E-state index in [4.69, 9.17) is 28.4 Å². The van der Waals surface area contributed by atoms with Crippen LogP contribution in [-0.2, 0) is 57.2 Å². The summed E-state index contributed by atoms with van der Waals surface area (Å²) < 4.78 is 33.3. The average molecular weight is 1070 g/mol. The molecule has 0 amide bonds. The second kappa shape index (κ2) is 46.7. The molecular formula is C59H112N2O14+2. The molecule has 0 saturated heterocycles. The highest BCUT2D eigenvalue weighted by atomic mass is 16.6. The van der Waals surface area contributed by atoms with E-state index >= 15 is 0 Å². The van der Waals surface area contributed by atoms with E-state index in [2.05, 4.69) is 13.8 Å². The van der Waals surface area contributed by atoms with Crippen molar-refractivity contribution < 1.29 is 76.4 Å². The van der Waals surface area contributed by atoms with Crippen LogP contribution < -0.4 is 0 Å². The lowest BCUT2D eigenvalue weighted by molar-refractivity contribution is -0.883. The Balaban J connectivity index is 4.03. The van der Waals surface area contributed by atoms with Gasteiger partial charge in [0.15, 0.2) is 13.1 Å². The number of hydrogen-bond acceptors (Lipinski definition) is 14. The van der Waals surface area contributed by atoms with E-state index in [-0.39, 0.29) is 62.1 Å². The van der Waals surface area contributed by atoms with E-state index in [0.717, 1.165) is 154 Å². The van der Waals surface area contributed by atoms with E-state index in [1.54, 1.807) is 0 Å². The van der Waals surface area contributed by atoms with E-state index in [1.807, 2.05) is 28.2 Å². The zero-order chi connectivity index (χ0) is 56.0. The molecule has 4 unspecified atom stereocenters. The number of aliphatic hydroxyl groups excluding tert-OH is 2. The van der Waals surface area contributed by atoms with Crippen molar-refractivity contribution in [1.29, 1.82) is 0 Å². The Morgan fingerprint density at radius 3 is 1.01 bits per heavy atom. The van der Waals surface area contributed by atoms with Crippen LogP contribution in [-0.4, -0.2) is 160 Å². The maximum absolute atomic E-state index is 12.9. The second-order valence-corrected chi connectivity index (χ2v) is 22.4. The van der Waals surface area contributed by atoms with Gasteiger partial charge >= 0.3 is 35.8 Å². The van der Waals surface area contributed by atoms with E-state index in [1.165, 1.54) is 33.1 Å². The number of carbonyl (C=O) groups is 6. The lowest BCUT2D eigenvalue weighted by Crippen LogP contribution is -2.47. The molecule has 0 spiro atoms. The van der Waals surface area contributed by atoms with Crippen molar-refractivity contribution in [1.82, 2.24) is 0 Å². The molecule has 16 heteroatoms. The number of esters is 6. The third-order valence-electron chi connectivity index (χ3n) is 13.8. The second-order valence-electron chi connectivity index (χ2n) is 22.4. The fourth-order valence-corrected chi connectivity index (χ4v) is 8.98. The molecule has 0 aromatic carbocycles. The SMILES string of the molecule is CCCCCCCCC(OC(=O)C[N+](C)(C)CCOC(C)=O)C(O)CCCCCCCC(=O)OCCCCCCCCCCOC(=O)CCCCCCCC(O)C(CCCCC)OC(=O)C[N+](C)(C)CCOC(C)=O. The highest BCUT2D eigenvalue weighted by Crippen LogP contribution is 2.21. The van der Waals surface area contributed by atoms with Crippen LogP contribution in [0.2, 0.25) is 0 Å². The fraction of sp³-hybridized carbons (Fsp3) is 0.898. The summed E-state index contributed by atoms with van der Waals surface area (Å²) >= 11 is 0. The summed E-state index contributed by atoms with van der Waals surface area (Å²) in [4.78, 5) is 72.5. The Bertz CT molecular complexity index is 1480. The standard InChI is InChI=1S/C59H112N2O14/c1-9-11-13-14-23-31-39-55(75-59(69)49-61(7,8)43-47-71-51(4)63)53(65)37-30-22-20-25-33-41-57(67)73-45-35-27-18-16-15-17-26-34-44-72-56(66)40-32-24-19-21-29-36-52(64)54(38-28-12-10-2)74-58(68)48-60(5,6)42-46-70-50(3)62/h52-55,64-65H,9-49H2,1-8H3/q+2. The van der Waals surface area contributed by atoms with E-state index in [9.17, 15) is 39.0 Å². The van der Waals surface area contributed by atoms with Crippen LogP contribution in [0.15, 0.2) is 0 Å². The predicted molar refractivity (Wildman–Crippen MR) is 294 cm³/mol. The van der Waals surface area contributed by atoms with Crippen LogP contribution in [0.25, 0.3) is 0 Å². The topological polar surface area (TPSA) is 198 Å². The number of aliphatic hydroxyl groups is 2. The number of likely N-dealkylation sites (N-methyl/N-ethyl adjacent to an activating group) is 2. The zero-order valence-corrected chi connectivity index (χ0v) is 49.0. The van der Waals surface area contributed by atoms with Gasteiger partial charge in [0, 0.05) is 26.7 Å². The molecule has 0 radical (unpaired) electrons.